The predicted molar refractivity (Wildman–Crippen MR) is 72.5 cm³/mol. The monoisotopic (exact) mass is 340 g/mol. The summed E-state index contributed by atoms with van der Waals surface area (Å²) >= 11 is 2.22. The summed E-state index contributed by atoms with van der Waals surface area (Å²) in [7, 11) is 0. The van der Waals surface area contributed by atoms with Gasteiger partial charge in [-0.15, -0.1) is 12.4 Å². The molecule has 0 spiro atoms. The summed E-state index contributed by atoms with van der Waals surface area (Å²) in [6, 6.07) is 5.64. The minimum Gasteiger partial charge on any atom is -0.351 e. The number of carbonyl (C=O) groups excluding carboxylic acids is 1. The van der Waals surface area contributed by atoms with Crippen LogP contribution in [0.4, 0.5) is 0 Å². The van der Waals surface area contributed by atoms with E-state index in [4.69, 9.17) is 5.73 Å². The first kappa shape index (κ1) is 14.7. The van der Waals surface area contributed by atoms with Crippen LogP contribution in [0.1, 0.15) is 15.9 Å². The molecule has 0 aliphatic rings. The summed E-state index contributed by atoms with van der Waals surface area (Å²) in [5.41, 5.74) is 7.16. The molecule has 0 aromatic heterocycles. The molecular weight excluding hydrogens is 326 g/mol. The number of nitrogens with two attached hydrogens (primary N) is 1. The lowest BCUT2D eigenvalue weighted by Gasteiger charge is -2.05. The van der Waals surface area contributed by atoms with Crippen molar-refractivity contribution in [2.45, 2.75) is 6.92 Å². The maximum absolute atomic E-state index is 11.5. The molecule has 1 aromatic carbocycles. The first-order valence-electron chi connectivity index (χ1n) is 4.39. The fourth-order valence-electron chi connectivity index (χ4n) is 1.02. The number of amides is 1. The summed E-state index contributed by atoms with van der Waals surface area (Å²) in [6.07, 6.45) is 0. The van der Waals surface area contributed by atoms with Crippen LogP contribution in [0.15, 0.2) is 18.2 Å². The Hall–Kier alpha value is -0.330. The molecule has 84 valence electrons. The van der Waals surface area contributed by atoms with Crippen LogP contribution >= 0.6 is 35.0 Å². The minimum absolute atomic E-state index is 0. The first-order chi connectivity index (χ1) is 6.65. The highest BCUT2D eigenvalue weighted by Gasteiger charge is 2.05. The van der Waals surface area contributed by atoms with Gasteiger partial charge in [0, 0.05) is 22.2 Å². The number of hydrogen-bond acceptors (Lipinski definition) is 2. The molecule has 0 unspecified atom stereocenters. The van der Waals surface area contributed by atoms with E-state index in [1.165, 1.54) is 5.56 Å². The summed E-state index contributed by atoms with van der Waals surface area (Å²) in [4.78, 5) is 11.5. The zero-order valence-electron chi connectivity index (χ0n) is 8.42. The molecule has 0 bridgehead atoms. The van der Waals surface area contributed by atoms with E-state index in [0.29, 0.717) is 18.7 Å². The summed E-state index contributed by atoms with van der Waals surface area (Å²) in [6.45, 7) is 3.00. The lowest BCUT2D eigenvalue weighted by atomic mass is 10.1. The number of carbonyl (C=O) groups is 1. The van der Waals surface area contributed by atoms with Crippen LogP contribution in [0, 0.1) is 10.5 Å². The van der Waals surface area contributed by atoms with Gasteiger partial charge in [-0.3, -0.25) is 4.79 Å². The predicted octanol–water partition coefficient (Wildman–Crippen LogP) is 1.71. The molecule has 1 amide bonds. The van der Waals surface area contributed by atoms with Crippen molar-refractivity contribution in [3.05, 3.63) is 32.9 Å². The molecule has 0 atom stereocenters. The topological polar surface area (TPSA) is 55.1 Å². The van der Waals surface area contributed by atoms with E-state index < -0.39 is 0 Å². The van der Waals surface area contributed by atoms with Gasteiger partial charge in [-0.05, 0) is 47.2 Å². The zero-order chi connectivity index (χ0) is 10.6. The van der Waals surface area contributed by atoms with Gasteiger partial charge in [-0.25, -0.2) is 0 Å². The fraction of sp³-hybridized carbons (Fsp3) is 0.300. The second-order valence-corrected chi connectivity index (χ2v) is 4.17. The summed E-state index contributed by atoms with van der Waals surface area (Å²) in [5, 5.41) is 2.73. The molecule has 0 saturated heterocycles. The lowest BCUT2D eigenvalue weighted by molar-refractivity contribution is 0.0954. The highest BCUT2D eigenvalue weighted by Crippen LogP contribution is 2.13. The molecule has 0 heterocycles. The molecule has 1 aromatic rings. The van der Waals surface area contributed by atoms with Gasteiger partial charge in [0.1, 0.15) is 0 Å². The van der Waals surface area contributed by atoms with Gasteiger partial charge in [0.15, 0.2) is 0 Å². The average Bonchev–Trinajstić information content (AvgIpc) is 2.18. The normalized spacial score (nSPS) is 9.27. The van der Waals surface area contributed by atoms with Gasteiger partial charge in [0.2, 0.25) is 0 Å². The van der Waals surface area contributed by atoms with E-state index >= 15 is 0 Å². The molecule has 5 heteroatoms. The van der Waals surface area contributed by atoms with Gasteiger partial charge in [0.05, 0.1) is 0 Å². The molecule has 0 aliphatic heterocycles. The molecule has 3 nitrogen and oxygen atoms in total. The van der Waals surface area contributed by atoms with Crippen molar-refractivity contribution in [2.75, 3.05) is 13.1 Å². The Morgan fingerprint density at radius 3 is 2.73 bits per heavy atom. The SMILES string of the molecule is Cc1ccc(C(=O)NCCN)cc1I.Cl. The Morgan fingerprint density at radius 1 is 1.53 bits per heavy atom. The van der Waals surface area contributed by atoms with E-state index in [1.807, 2.05) is 25.1 Å². The molecule has 1 rings (SSSR count). The molecule has 0 aliphatic carbocycles. The second kappa shape index (κ2) is 7.03. The smallest absolute Gasteiger partial charge is 0.251 e. The number of aryl methyl sites for hydroxylation is 1. The van der Waals surface area contributed by atoms with E-state index in [1.54, 1.807) is 0 Å². The van der Waals surface area contributed by atoms with Crippen molar-refractivity contribution in [3.8, 4) is 0 Å². The molecular formula is C10H14ClIN2O. The lowest BCUT2D eigenvalue weighted by Crippen LogP contribution is -2.29. The Bertz CT molecular complexity index is 344. The Balaban J connectivity index is 0.00000196. The maximum Gasteiger partial charge on any atom is 0.251 e. The highest BCUT2D eigenvalue weighted by molar-refractivity contribution is 14.1. The maximum atomic E-state index is 11.5. The third kappa shape index (κ3) is 4.36. The fourth-order valence-corrected chi connectivity index (χ4v) is 1.54. The third-order valence-electron chi connectivity index (χ3n) is 1.86. The Morgan fingerprint density at radius 2 is 2.20 bits per heavy atom. The first-order valence-corrected chi connectivity index (χ1v) is 5.47. The van der Waals surface area contributed by atoms with Crippen LogP contribution in [0.3, 0.4) is 0 Å². The van der Waals surface area contributed by atoms with Crippen molar-refractivity contribution in [1.82, 2.24) is 5.32 Å². The number of nitrogens with one attached hydrogen (secondary N) is 1. The largest absolute Gasteiger partial charge is 0.351 e. The van der Waals surface area contributed by atoms with Gasteiger partial charge < -0.3 is 11.1 Å². The standard InChI is InChI=1S/C10H13IN2O.ClH/c1-7-2-3-8(6-9(7)11)10(14)13-5-4-12;/h2-3,6H,4-5,12H2,1H3,(H,13,14);1H. The van der Waals surface area contributed by atoms with E-state index in [9.17, 15) is 4.79 Å². The van der Waals surface area contributed by atoms with Crippen molar-refractivity contribution in [1.29, 1.82) is 0 Å². The molecule has 0 fully saturated rings. The minimum atomic E-state index is -0.0617. The number of rotatable bonds is 3. The molecule has 15 heavy (non-hydrogen) atoms. The van der Waals surface area contributed by atoms with E-state index in [-0.39, 0.29) is 18.3 Å². The van der Waals surface area contributed by atoms with Crippen LogP contribution in [-0.4, -0.2) is 19.0 Å². The Kier molecular flexibility index (Phi) is 6.87. The zero-order valence-corrected chi connectivity index (χ0v) is 11.4. The number of halogens is 2. The van der Waals surface area contributed by atoms with E-state index in [0.717, 1.165) is 3.57 Å². The number of hydrogen-bond donors (Lipinski definition) is 2. The van der Waals surface area contributed by atoms with Crippen molar-refractivity contribution >= 4 is 40.9 Å². The van der Waals surface area contributed by atoms with Gasteiger partial charge >= 0.3 is 0 Å². The van der Waals surface area contributed by atoms with Crippen LogP contribution in [0.25, 0.3) is 0 Å². The van der Waals surface area contributed by atoms with Crippen LogP contribution in [-0.2, 0) is 0 Å². The van der Waals surface area contributed by atoms with Gasteiger partial charge in [0.25, 0.3) is 5.91 Å². The Labute approximate surface area is 109 Å². The molecule has 3 N–H and O–H groups in total. The second-order valence-electron chi connectivity index (χ2n) is 3.01. The van der Waals surface area contributed by atoms with Crippen molar-refractivity contribution < 1.29 is 4.79 Å². The van der Waals surface area contributed by atoms with Gasteiger partial charge in [-0.2, -0.15) is 0 Å². The molecule has 0 radical (unpaired) electrons. The van der Waals surface area contributed by atoms with Crippen molar-refractivity contribution in [2.24, 2.45) is 5.73 Å². The van der Waals surface area contributed by atoms with Crippen LogP contribution in [0.5, 0.6) is 0 Å². The van der Waals surface area contributed by atoms with Crippen LogP contribution in [0.2, 0.25) is 0 Å². The highest BCUT2D eigenvalue weighted by atomic mass is 127. The third-order valence-corrected chi connectivity index (χ3v) is 3.03. The number of benzene rings is 1. The quantitative estimate of drug-likeness (QED) is 0.823. The van der Waals surface area contributed by atoms with Gasteiger partial charge in [-0.1, -0.05) is 6.07 Å². The van der Waals surface area contributed by atoms with Crippen LogP contribution < -0.4 is 11.1 Å². The van der Waals surface area contributed by atoms with E-state index in [2.05, 4.69) is 27.9 Å². The van der Waals surface area contributed by atoms with Crippen molar-refractivity contribution in [3.63, 3.8) is 0 Å². The summed E-state index contributed by atoms with van der Waals surface area (Å²) in [5.74, 6) is -0.0617. The summed E-state index contributed by atoms with van der Waals surface area (Å²) < 4.78 is 1.10. The average molecular weight is 341 g/mol. The molecule has 0 saturated carbocycles.